The fourth-order valence-corrected chi connectivity index (χ4v) is 5.76. The van der Waals surface area contributed by atoms with Crippen molar-refractivity contribution >= 4 is 19.9 Å². The summed E-state index contributed by atoms with van der Waals surface area (Å²) in [6, 6.07) is 19.7. The Morgan fingerprint density at radius 1 is 0.767 bits per heavy atom. The Labute approximate surface area is 178 Å². The van der Waals surface area contributed by atoms with Crippen LogP contribution in [-0.2, 0) is 32.8 Å². The van der Waals surface area contributed by atoms with Crippen LogP contribution in [0.2, 0.25) is 0 Å². The minimum Gasteiger partial charge on any atom is -0.224 e. The van der Waals surface area contributed by atoms with Gasteiger partial charge in [0.1, 0.15) is 0 Å². The van der Waals surface area contributed by atoms with E-state index in [0.29, 0.717) is 24.4 Å². The van der Waals surface area contributed by atoms with Gasteiger partial charge in [-0.2, -0.15) is 4.31 Å². The van der Waals surface area contributed by atoms with Gasteiger partial charge in [0.05, 0.1) is 9.79 Å². The lowest BCUT2D eigenvalue weighted by atomic mass is 9.95. The van der Waals surface area contributed by atoms with Gasteiger partial charge in [0.2, 0.25) is 10.0 Å². The van der Waals surface area contributed by atoms with Crippen LogP contribution in [0.5, 0.6) is 0 Å². The van der Waals surface area contributed by atoms with Gasteiger partial charge in [-0.25, -0.2) is 16.8 Å². The average molecular weight is 442 g/mol. The normalized spacial score (nSPS) is 15.0. The maximum Gasteiger partial charge on any atom is 0.243 e. The standard InChI is InChI=1S/C23H23NO4S2/c1-17-6-10-22(11-7-17)30(27,28)24-13-12-20-14-19(8-9-21(20)16-24)18-4-3-5-23(15-18)29(2,25)26/h3-11,14-15H,12-13,16H2,1-2H3. The van der Waals surface area contributed by atoms with Crippen LogP contribution in [0.25, 0.3) is 11.1 Å². The summed E-state index contributed by atoms with van der Waals surface area (Å²) in [5, 5.41) is 0. The summed E-state index contributed by atoms with van der Waals surface area (Å²) in [6.45, 7) is 2.67. The van der Waals surface area contributed by atoms with Crippen LogP contribution < -0.4 is 0 Å². The van der Waals surface area contributed by atoms with Crippen LogP contribution >= 0.6 is 0 Å². The summed E-state index contributed by atoms with van der Waals surface area (Å²) in [6.07, 6.45) is 1.81. The highest BCUT2D eigenvalue weighted by molar-refractivity contribution is 7.90. The Balaban J connectivity index is 1.62. The van der Waals surface area contributed by atoms with Gasteiger partial charge in [0.25, 0.3) is 0 Å². The molecule has 30 heavy (non-hydrogen) atoms. The van der Waals surface area contributed by atoms with Crippen molar-refractivity contribution < 1.29 is 16.8 Å². The third-order valence-electron chi connectivity index (χ3n) is 5.44. The van der Waals surface area contributed by atoms with E-state index >= 15 is 0 Å². The van der Waals surface area contributed by atoms with E-state index in [-0.39, 0.29) is 4.90 Å². The molecule has 0 bridgehead atoms. The van der Waals surface area contributed by atoms with Crippen LogP contribution in [0.3, 0.4) is 0 Å². The molecule has 0 fully saturated rings. The summed E-state index contributed by atoms with van der Waals surface area (Å²) >= 11 is 0. The SMILES string of the molecule is Cc1ccc(S(=O)(=O)N2CCc3cc(-c4cccc(S(C)(=O)=O)c4)ccc3C2)cc1. The molecule has 3 aromatic carbocycles. The molecule has 7 heteroatoms. The molecule has 5 nitrogen and oxygen atoms in total. The number of hydrogen-bond acceptors (Lipinski definition) is 4. The largest absolute Gasteiger partial charge is 0.243 e. The molecule has 0 spiro atoms. The molecule has 0 amide bonds. The van der Waals surface area contributed by atoms with Crippen LogP contribution in [0, 0.1) is 6.92 Å². The molecule has 156 valence electrons. The highest BCUT2D eigenvalue weighted by Gasteiger charge is 2.28. The van der Waals surface area contributed by atoms with Crippen molar-refractivity contribution in [2.24, 2.45) is 0 Å². The number of nitrogens with zero attached hydrogens (tertiary/aromatic N) is 1. The third-order valence-corrected chi connectivity index (χ3v) is 8.41. The lowest BCUT2D eigenvalue weighted by Gasteiger charge is -2.28. The van der Waals surface area contributed by atoms with Gasteiger partial charge in [0, 0.05) is 19.3 Å². The van der Waals surface area contributed by atoms with Crippen molar-refractivity contribution in [3.8, 4) is 11.1 Å². The Morgan fingerprint density at radius 2 is 1.47 bits per heavy atom. The minimum atomic E-state index is -3.54. The summed E-state index contributed by atoms with van der Waals surface area (Å²) in [5.74, 6) is 0. The van der Waals surface area contributed by atoms with Crippen molar-refractivity contribution in [1.82, 2.24) is 4.31 Å². The van der Waals surface area contributed by atoms with E-state index in [2.05, 4.69) is 0 Å². The Morgan fingerprint density at radius 3 is 2.17 bits per heavy atom. The molecule has 1 aliphatic heterocycles. The van der Waals surface area contributed by atoms with Gasteiger partial charge in [-0.15, -0.1) is 0 Å². The number of sulfonamides is 1. The minimum absolute atomic E-state index is 0.285. The first-order valence-corrected chi connectivity index (χ1v) is 13.0. The smallest absolute Gasteiger partial charge is 0.224 e. The maximum atomic E-state index is 13.0. The van der Waals surface area contributed by atoms with E-state index in [0.717, 1.165) is 27.8 Å². The number of aryl methyl sites for hydroxylation is 1. The first kappa shape index (κ1) is 20.8. The number of sulfone groups is 1. The van der Waals surface area contributed by atoms with Gasteiger partial charge in [-0.3, -0.25) is 0 Å². The van der Waals surface area contributed by atoms with Crippen molar-refractivity contribution in [2.45, 2.75) is 29.7 Å². The average Bonchev–Trinajstić information content (AvgIpc) is 2.73. The van der Waals surface area contributed by atoms with Gasteiger partial charge < -0.3 is 0 Å². The first-order chi connectivity index (χ1) is 14.1. The second kappa shape index (κ2) is 7.65. The van der Waals surface area contributed by atoms with Crippen molar-refractivity contribution in [3.63, 3.8) is 0 Å². The Bertz CT molecular complexity index is 1310. The van der Waals surface area contributed by atoms with E-state index in [1.165, 1.54) is 10.6 Å². The number of rotatable bonds is 4. The predicted molar refractivity (Wildman–Crippen MR) is 117 cm³/mol. The third kappa shape index (κ3) is 4.05. The number of fused-ring (bicyclic) bond motifs is 1. The Hall–Kier alpha value is -2.48. The molecule has 0 saturated heterocycles. The second-order valence-corrected chi connectivity index (χ2v) is 11.6. The molecule has 0 atom stereocenters. The highest BCUT2D eigenvalue weighted by Crippen LogP contribution is 2.30. The summed E-state index contributed by atoms with van der Waals surface area (Å²) in [7, 11) is -6.82. The van der Waals surface area contributed by atoms with Crippen LogP contribution in [0.4, 0.5) is 0 Å². The molecule has 1 heterocycles. The van der Waals surface area contributed by atoms with Crippen LogP contribution in [0.1, 0.15) is 16.7 Å². The molecule has 0 unspecified atom stereocenters. The van der Waals surface area contributed by atoms with Crippen molar-refractivity contribution in [1.29, 1.82) is 0 Å². The van der Waals surface area contributed by atoms with Gasteiger partial charge in [-0.05, 0) is 59.9 Å². The summed E-state index contributed by atoms with van der Waals surface area (Å²) in [5.41, 5.74) is 4.84. The van der Waals surface area contributed by atoms with E-state index in [1.807, 2.05) is 43.3 Å². The zero-order valence-electron chi connectivity index (χ0n) is 16.9. The molecule has 1 aliphatic rings. The zero-order chi connectivity index (χ0) is 21.5. The van der Waals surface area contributed by atoms with Gasteiger partial charge in [-0.1, -0.05) is 48.0 Å². The van der Waals surface area contributed by atoms with Crippen LogP contribution in [-0.4, -0.2) is 33.9 Å². The number of benzene rings is 3. The van der Waals surface area contributed by atoms with E-state index in [9.17, 15) is 16.8 Å². The summed E-state index contributed by atoms with van der Waals surface area (Å²) in [4.78, 5) is 0.596. The maximum absolute atomic E-state index is 13.0. The molecular formula is C23H23NO4S2. The first-order valence-electron chi connectivity index (χ1n) is 9.64. The van der Waals surface area contributed by atoms with E-state index in [1.54, 1.807) is 30.3 Å². The quantitative estimate of drug-likeness (QED) is 0.617. The summed E-state index contributed by atoms with van der Waals surface area (Å²) < 4.78 is 51.2. The van der Waals surface area contributed by atoms with Crippen LogP contribution in [0.15, 0.2) is 76.5 Å². The topological polar surface area (TPSA) is 71.5 Å². The molecule has 0 N–H and O–H groups in total. The van der Waals surface area contributed by atoms with E-state index in [4.69, 9.17) is 0 Å². The second-order valence-electron chi connectivity index (χ2n) is 7.69. The van der Waals surface area contributed by atoms with Gasteiger partial charge in [0.15, 0.2) is 9.84 Å². The van der Waals surface area contributed by atoms with Crippen molar-refractivity contribution in [3.05, 3.63) is 83.4 Å². The van der Waals surface area contributed by atoms with Crippen molar-refractivity contribution in [2.75, 3.05) is 12.8 Å². The zero-order valence-corrected chi connectivity index (χ0v) is 18.5. The monoisotopic (exact) mass is 441 g/mol. The fourth-order valence-electron chi connectivity index (χ4n) is 3.68. The molecule has 3 aromatic rings. The lowest BCUT2D eigenvalue weighted by molar-refractivity contribution is 0.391. The molecule has 4 rings (SSSR count). The number of hydrogen-bond donors (Lipinski definition) is 0. The molecule has 0 radical (unpaired) electrons. The predicted octanol–water partition coefficient (Wildman–Crippen LogP) is 3.81. The molecule has 0 aliphatic carbocycles. The lowest BCUT2D eigenvalue weighted by Crippen LogP contribution is -2.35. The highest BCUT2D eigenvalue weighted by atomic mass is 32.2. The van der Waals surface area contributed by atoms with E-state index < -0.39 is 19.9 Å². The molecular weight excluding hydrogens is 418 g/mol. The molecule has 0 aromatic heterocycles. The Kier molecular flexibility index (Phi) is 5.30. The molecule has 0 saturated carbocycles. The fraction of sp³-hybridized carbons (Fsp3) is 0.217. The van der Waals surface area contributed by atoms with Gasteiger partial charge >= 0.3 is 0 Å².